The lowest BCUT2D eigenvalue weighted by atomic mass is 10.1. The normalized spacial score (nSPS) is 11.7. The molecule has 0 radical (unpaired) electrons. The van der Waals surface area contributed by atoms with E-state index < -0.39 is 11.3 Å². The fourth-order valence-corrected chi connectivity index (χ4v) is 3.48. The third-order valence-electron chi connectivity index (χ3n) is 3.98. The number of aliphatic imine (C=N–C) groups is 1. The van der Waals surface area contributed by atoms with Crippen LogP contribution >= 0.6 is 0 Å². The zero-order valence-corrected chi connectivity index (χ0v) is 15.1. The SMILES string of the molecule is CN(C)c1cccc2c(N(c3ccc(N=C=O)cc3)S(=O)[O-])cccc12. The van der Waals surface area contributed by atoms with Crippen molar-refractivity contribution in [1.82, 2.24) is 0 Å². The molecule has 0 amide bonds. The number of hydrogen-bond acceptors (Lipinski definition) is 5. The van der Waals surface area contributed by atoms with Crippen LogP contribution in [0.1, 0.15) is 0 Å². The number of hydrogen-bond donors (Lipinski definition) is 0. The summed E-state index contributed by atoms with van der Waals surface area (Å²) in [5.74, 6) is 0. The number of fused-ring (bicyclic) bond motifs is 1. The summed E-state index contributed by atoms with van der Waals surface area (Å²) in [5.41, 5.74) is 2.40. The molecule has 3 aromatic rings. The Bertz CT molecular complexity index is 1010. The Morgan fingerprint density at radius 1 is 0.923 bits per heavy atom. The second-order valence-electron chi connectivity index (χ2n) is 5.77. The smallest absolute Gasteiger partial charge is 0.240 e. The molecule has 3 aromatic carbocycles. The van der Waals surface area contributed by atoms with Crippen LogP contribution in [0, 0.1) is 0 Å². The Hall–Kier alpha value is -2.99. The molecule has 7 heteroatoms. The third-order valence-corrected chi connectivity index (χ3v) is 4.69. The molecule has 1 atom stereocenters. The maximum atomic E-state index is 12.0. The molecule has 0 heterocycles. The first-order valence-electron chi connectivity index (χ1n) is 7.79. The second-order valence-corrected chi connectivity index (χ2v) is 6.57. The molecule has 0 fully saturated rings. The van der Waals surface area contributed by atoms with Crippen LogP contribution < -0.4 is 9.21 Å². The average Bonchev–Trinajstić information content (AvgIpc) is 2.63. The summed E-state index contributed by atoms with van der Waals surface area (Å²) < 4.78 is 25.2. The van der Waals surface area contributed by atoms with E-state index >= 15 is 0 Å². The molecule has 6 nitrogen and oxygen atoms in total. The van der Waals surface area contributed by atoms with Crippen LogP contribution in [0.25, 0.3) is 10.8 Å². The Balaban J connectivity index is 2.19. The van der Waals surface area contributed by atoms with Crippen LogP contribution in [0.3, 0.4) is 0 Å². The molecule has 0 aliphatic carbocycles. The van der Waals surface area contributed by atoms with Gasteiger partial charge >= 0.3 is 0 Å². The first-order valence-corrected chi connectivity index (χ1v) is 8.82. The van der Waals surface area contributed by atoms with Crippen LogP contribution in [0.5, 0.6) is 0 Å². The van der Waals surface area contributed by atoms with Crippen molar-refractivity contribution < 1.29 is 13.6 Å². The summed E-state index contributed by atoms with van der Waals surface area (Å²) in [4.78, 5) is 15.9. The van der Waals surface area contributed by atoms with E-state index in [2.05, 4.69) is 4.99 Å². The van der Waals surface area contributed by atoms with Crippen molar-refractivity contribution in [2.45, 2.75) is 0 Å². The van der Waals surface area contributed by atoms with Crippen LogP contribution in [0.4, 0.5) is 22.7 Å². The van der Waals surface area contributed by atoms with Gasteiger partial charge in [0.25, 0.3) is 0 Å². The molecular weight excluding hydrogens is 350 g/mol. The quantitative estimate of drug-likeness (QED) is 0.391. The summed E-state index contributed by atoms with van der Waals surface area (Å²) in [7, 11) is 3.88. The van der Waals surface area contributed by atoms with E-state index in [1.165, 1.54) is 10.4 Å². The maximum Gasteiger partial charge on any atom is 0.240 e. The first kappa shape index (κ1) is 17.8. The van der Waals surface area contributed by atoms with Crippen molar-refractivity contribution in [2.24, 2.45) is 4.99 Å². The standard InChI is InChI=1S/C19H17N3O3S/c1-21(2)18-7-3-6-17-16(18)5-4-8-19(17)22(26(24)25)15-11-9-14(10-12-15)20-13-23/h3-12H,1-2H3,(H,24,25)/p-1. The average molecular weight is 366 g/mol. The van der Waals surface area contributed by atoms with Crippen molar-refractivity contribution in [1.29, 1.82) is 0 Å². The van der Waals surface area contributed by atoms with Crippen molar-refractivity contribution in [2.75, 3.05) is 23.3 Å². The van der Waals surface area contributed by atoms with Gasteiger partial charge in [-0.3, -0.25) is 8.51 Å². The maximum absolute atomic E-state index is 12.0. The van der Waals surface area contributed by atoms with Crippen molar-refractivity contribution >= 4 is 50.9 Å². The molecule has 132 valence electrons. The number of anilines is 3. The van der Waals surface area contributed by atoms with E-state index in [0.717, 1.165) is 16.5 Å². The Labute approximate surface area is 153 Å². The molecule has 0 aliphatic heterocycles. The fourth-order valence-electron chi connectivity index (χ4n) is 2.86. The topological polar surface area (TPSA) is 76.0 Å². The van der Waals surface area contributed by atoms with Gasteiger partial charge in [0.15, 0.2) is 0 Å². The zero-order valence-electron chi connectivity index (χ0n) is 14.2. The van der Waals surface area contributed by atoms with E-state index in [1.807, 2.05) is 49.3 Å². The number of carbonyl (C=O) groups excluding carboxylic acids is 1. The second kappa shape index (κ2) is 7.49. The van der Waals surface area contributed by atoms with Gasteiger partial charge in [-0.25, -0.2) is 4.79 Å². The molecule has 1 unspecified atom stereocenters. The largest absolute Gasteiger partial charge is 0.755 e. The monoisotopic (exact) mass is 366 g/mol. The lowest BCUT2D eigenvalue weighted by Gasteiger charge is -2.28. The van der Waals surface area contributed by atoms with Crippen molar-refractivity contribution in [3.63, 3.8) is 0 Å². The number of rotatable bonds is 5. The number of benzene rings is 3. The predicted molar refractivity (Wildman–Crippen MR) is 104 cm³/mol. The van der Waals surface area contributed by atoms with E-state index in [0.29, 0.717) is 17.1 Å². The number of isocyanates is 1. The Kier molecular flexibility index (Phi) is 5.14. The lowest BCUT2D eigenvalue weighted by molar-refractivity contribution is 0.537. The molecule has 3 rings (SSSR count). The highest BCUT2D eigenvalue weighted by atomic mass is 32.2. The molecule has 0 spiro atoms. The minimum Gasteiger partial charge on any atom is -0.755 e. The van der Waals surface area contributed by atoms with Crippen LogP contribution in [-0.2, 0) is 16.1 Å². The molecule has 0 aromatic heterocycles. The van der Waals surface area contributed by atoms with Gasteiger partial charge in [-0.2, -0.15) is 4.99 Å². The minimum atomic E-state index is -2.53. The highest BCUT2D eigenvalue weighted by Gasteiger charge is 2.15. The van der Waals surface area contributed by atoms with Crippen LogP contribution in [0.15, 0.2) is 65.7 Å². The summed E-state index contributed by atoms with van der Waals surface area (Å²) in [6, 6.07) is 17.6. The molecule has 0 bridgehead atoms. The summed E-state index contributed by atoms with van der Waals surface area (Å²) in [5, 5.41) is 1.77. The highest BCUT2D eigenvalue weighted by molar-refractivity contribution is 7.81. The zero-order chi connectivity index (χ0) is 18.7. The van der Waals surface area contributed by atoms with Crippen molar-refractivity contribution in [3.05, 3.63) is 60.7 Å². The Morgan fingerprint density at radius 3 is 2.04 bits per heavy atom. The highest BCUT2D eigenvalue weighted by Crippen LogP contribution is 2.37. The molecule has 0 aliphatic rings. The Morgan fingerprint density at radius 2 is 1.50 bits per heavy atom. The van der Waals surface area contributed by atoms with E-state index in [1.54, 1.807) is 30.3 Å². The van der Waals surface area contributed by atoms with Gasteiger partial charge in [-0.05, 0) is 36.4 Å². The van der Waals surface area contributed by atoms with Crippen molar-refractivity contribution in [3.8, 4) is 0 Å². The van der Waals surface area contributed by atoms with Gasteiger partial charge in [-0.15, -0.1) is 0 Å². The van der Waals surface area contributed by atoms with Gasteiger partial charge in [0.1, 0.15) is 0 Å². The van der Waals surface area contributed by atoms with Gasteiger partial charge in [0.05, 0.1) is 28.3 Å². The lowest BCUT2D eigenvalue weighted by Crippen LogP contribution is -2.19. The van der Waals surface area contributed by atoms with Gasteiger partial charge in [0.2, 0.25) is 6.08 Å². The van der Waals surface area contributed by atoms with E-state index in [4.69, 9.17) is 0 Å². The molecule has 0 saturated carbocycles. The summed E-state index contributed by atoms with van der Waals surface area (Å²) in [6.07, 6.45) is 1.46. The molecule has 0 N–H and O–H groups in total. The molecule has 0 saturated heterocycles. The van der Waals surface area contributed by atoms with E-state index in [9.17, 15) is 13.6 Å². The van der Waals surface area contributed by atoms with Crippen LogP contribution in [-0.4, -0.2) is 28.9 Å². The molecular formula is C19H16N3O3S-. The minimum absolute atomic E-state index is 0.410. The summed E-state index contributed by atoms with van der Waals surface area (Å²) in [6.45, 7) is 0. The van der Waals surface area contributed by atoms with Crippen LogP contribution in [0.2, 0.25) is 0 Å². The molecule has 26 heavy (non-hydrogen) atoms. The predicted octanol–water partition coefficient (Wildman–Crippen LogP) is 3.81. The van der Waals surface area contributed by atoms with Gasteiger partial charge < -0.3 is 9.45 Å². The van der Waals surface area contributed by atoms with Gasteiger partial charge in [0, 0.05) is 30.6 Å². The number of nitrogens with zero attached hydrogens (tertiary/aromatic N) is 3. The fraction of sp³-hybridized carbons (Fsp3) is 0.105. The summed E-state index contributed by atoms with van der Waals surface area (Å²) >= 11 is -2.53. The van der Waals surface area contributed by atoms with Gasteiger partial charge in [-0.1, -0.05) is 24.3 Å². The third kappa shape index (κ3) is 3.36. The van der Waals surface area contributed by atoms with E-state index in [-0.39, 0.29) is 0 Å². The first-order chi connectivity index (χ1) is 12.5.